The van der Waals surface area contributed by atoms with Crippen molar-refractivity contribution in [3.63, 3.8) is 0 Å². The van der Waals surface area contributed by atoms with Crippen LogP contribution >= 0.6 is 0 Å². The average molecular weight is 432 g/mol. The molecule has 1 amide bonds. The molecule has 9 heteroatoms. The number of fused-ring (bicyclic) bond motifs is 2. The van der Waals surface area contributed by atoms with Gasteiger partial charge in [-0.05, 0) is 49.2 Å². The maximum atomic E-state index is 12.9. The fourth-order valence-corrected chi connectivity index (χ4v) is 4.45. The average Bonchev–Trinajstić information content (AvgIpc) is 2.71. The van der Waals surface area contributed by atoms with E-state index in [2.05, 4.69) is 5.32 Å². The molecule has 2 heterocycles. The fourth-order valence-electron chi connectivity index (χ4n) is 3.53. The molecule has 0 radical (unpaired) electrons. The Morgan fingerprint density at radius 1 is 1.10 bits per heavy atom. The van der Waals surface area contributed by atoms with Crippen molar-refractivity contribution < 1.29 is 27.4 Å². The number of nitrogens with zero attached hydrogens (tertiary/aromatic N) is 1. The van der Waals surface area contributed by atoms with E-state index in [0.29, 0.717) is 36.1 Å². The van der Waals surface area contributed by atoms with E-state index in [0.717, 1.165) is 17.4 Å². The smallest absolute Gasteiger partial charge is 0.263 e. The lowest BCUT2D eigenvalue weighted by molar-refractivity contribution is -0.128. The van der Waals surface area contributed by atoms with E-state index in [1.54, 1.807) is 12.1 Å². The van der Waals surface area contributed by atoms with Gasteiger partial charge < -0.3 is 19.5 Å². The zero-order valence-corrected chi connectivity index (χ0v) is 17.9. The van der Waals surface area contributed by atoms with Crippen LogP contribution in [-0.2, 0) is 14.8 Å². The molecule has 2 aromatic rings. The van der Waals surface area contributed by atoms with Crippen LogP contribution in [0.4, 0.5) is 5.69 Å². The largest absolute Gasteiger partial charge is 0.486 e. The van der Waals surface area contributed by atoms with Gasteiger partial charge in [0, 0.05) is 0 Å². The minimum absolute atomic E-state index is 0.0887. The van der Waals surface area contributed by atoms with Crippen molar-refractivity contribution in [2.75, 3.05) is 30.3 Å². The predicted molar refractivity (Wildman–Crippen MR) is 112 cm³/mol. The van der Waals surface area contributed by atoms with Gasteiger partial charge in [0.1, 0.15) is 19.0 Å². The van der Waals surface area contributed by atoms with Crippen molar-refractivity contribution in [3.05, 3.63) is 47.5 Å². The highest BCUT2D eigenvalue weighted by atomic mass is 32.2. The van der Waals surface area contributed by atoms with Crippen LogP contribution in [0.1, 0.15) is 24.1 Å². The van der Waals surface area contributed by atoms with Crippen LogP contribution in [-0.4, -0.2) is 46.4 Å². The fraction of sp³-hybridized carbons (Fsp3) is 0.381. The summed E-state index contributed by atoms with van der Waals surface area (Å²) in [5.74, 6) is 1.30. The van der Waals surface area contributed by atoms with Crippen molar-refractivity contribution in [3.8, 4) is 17.2 Å². The highest BCUT2D eigenvalue weighted by Gasteiger charge is 2.35. The molecule has 0 saturated carbocycles. The van der Waals surface area contributed by atoms with Gasteiger partial charge in [0.05, 0.1) is 24.5 Å². The zero-order valence-electron chi connectivity index (χ0n) is 17.0. The Labute approximate surface area is 175 Å². The molecular weight excluding hydrogens is 408 g/mol. The molecule has 1 N–H and O–H groups in total. The van der Waals surface area contributed by atoms with Crippen LogP contribution in [0.3, 0.4) is 0 Å². The molecule has 0 aliphatic carbocycles. The molecule has 2 aliphatic heterocycles. The first-order valence-electron chi connectivity index (χ1n) is 9.67. The number of sulfonamides is 1. The SMILES string of the molecule is Cc1ccc2c(c1)O[C@H](C(=O)N[C@H](C)c1ccc3c(c1)OCCO3)CN2S(C)(=O)=O. The maximum Gasteiger partial charge on any atom is 0.263 e. The lowest BCUT2D eigenvalue weighted by atomic mass is 10.1. The van der Waals surface area contributed by atoms with Crippen LogP contribution in [0, 0.1) is 6.92 Å². The summed E-state index contributed by atoms with van der Waals surface area (Å²) in [4.78, 5) is 12.9. The molecular formula is C21H24N2O6S. The number of carbonyl (C=O) groups is 1. The van der Waals surface area contributed by atoms with E-state index in [-0.39, 0.29) is 12.6 Å². The number of aryl methyl sites for hydroxylation is 1. The number of benzene rings is 2. The molecule has 2 aliphatic rings. The Morgan fingerprint density at radius 2 is 1.83 bits per heavy atom. The number of hydrogen-bond donors (Lipinski definition) is 1. The molecule has 30 heavy (non-hydrogen) atoms. The molecule has 0 aromatic heterocycles. The van der Waals surface area contributed by atoms with Crippen LogP contribution < -0.4 is 23.8 Å². The van der Waals surface area contributed by atoms with Gasteiger partial charge in [0.15, 0.2) is 17.6 Å². The van der Waals surface area contributed by atoms with Gasteiger partial charge in [-0.1, -0.05) is 12.1 Å². The summed E-state index contributed by atoms with van der Waals surface area (Å²) >= 11 is 0. The van der Waals surface area contributed by atoms with E-state index < -0.39 is 22.0 Å². The Balaban J connectivity index is 1.53. The normalized spacial score (nSPS) is 18.8. The monoisotopic (exact) mass is 432 g/mol. The number of rotatable bonds is 4. The second-order valence-electron chi connectivity index (χ2n) is 7.51. The Hall–Kier alpha value is -2.94. The maximum absolute atomic E-state index is 12.9. The van der Waals surface area contributed by atoms with E-state index in [1.165, 1.54) is 4.31 Å². The molecule has 160 valence electrons. The number of ether oxygens (including phenoxy) is 3. The summed E-state index contributed by atoms with van der Waals surface area (Å²) in [6, 6.07) is 10.4. The third kappa shape index (κ3) is 4.02. The quantitative estimate of drug-likeness (QED) is 0.796. The minimum Gasteiger partial charge on any atom is -0.486 e. The molecule has 0 fully saturated rings. The summed E-state index contributed by atoms with van der Waals surface area (Å²) in [6.07, 6.45) is 0.156. The van der Waals surface area contributed by atoms with E-state index in [1.807, 2.05) is 38.1 Å². The Kier molecular flexibility index (Phi) is 5.23. The number of carbonyl (C=O) groups excluding carboxylic acids is 1. The predicted octanol–water partition coefficient (Wildman–Crippen LogP) is 2.17. The van der Waals surface area contributed by atoms with Gasteiger partial charge >= 0.3 is 0 Å². The van der Waals surface area contributed by atoms with Crippen LogP contribution in [0.15, 0.2) is 36.4 Å². The van der Waals surface area contributed by atoms with Gasteiger partial charge in [-0.3, -0.25) is 9.10 Å². The van der Waals surface area contributed by atoms with Crippen molar-refractivity contribution in [1.29, 1.82) is 0 Å². The minimum atomic E-state index is -3.57. The Bertz CT molecular complexity index is 1080. The zero-order chi connectivity index (χ0) is 21.5. The van der Waals surface area contributed by atoms with Crippen LogP contribution in [0.25, 0.3) is 0 Å². The van der Waals surface area contributed by atoms with E-state index in [4.69, 9.17) is 14.2 Å². The highest BCUT2D eigenvalue weighted by molar-refractivity contribution is 7.92. The van der Waals surface area contributed by atoms with Crippen molar-refractivity contribution >= 4 is 21.6 Å². The lowest BCUT2D eigenvalue weighted by Gasteiger charge is -2.34. The molecule has 4 rings (SSSR count). The number of nitrogens with one attached hydrogen (secondary N) is 1. The number of hydrogen-bond acceptors (Lipinski definition) is 6. The standard InChI is InChI=1S/C21H24N2O6S/c1-13-4-6-16-18(10-13)29-20(12-23(16)30(3,25)26)21(24)22-14(2)15-5-7-17-19(11-15)28-9-8-27-17/h4-7,10-11,14,20H,8-9,12H2,1-3H3,(H,22,24)/t14-,20+/m1/s1. The van der Waals surface area contributed by atoms with Crippen LogP contribution in [0.2, 0.25) is 0 Å². The van der Waals surface area contributed by atoms with E-state index >= 15 is 0 Å². The highest BCUT2D eigenvalue weighted by Crippen LogP contribution is 2.36. The van der Waals surface area contributed by atoms with Gasteiger partial charge in [0.2, 0.25) is 10.0 Å². The number of amides is 1. The molecule has 0 unspecified atom stereocenters. The van der Waals surface area contributed by atoms with Crippen molar-refractivity contribution in [1.82, 2.24) is 5.32 Å². The molecule has 0 spiro atoms. The van der Waals surface area contributed by atoms with Crippen molar-refractivity contribution in [2.24, 2.45) is 0 Å². The van der Waals surface area contributed by atoms with E-state index in [9.17, 15) is 13.2 Å². The Morgan fingerprint density at radius 3 is 2.57 bits per heavy atom. The first-order chi connectivity index (χ1) is 14.2. The number of anilines is 1. The van der Waals surface area contributed by atoms with Gasteiger partial charge in [-0.15, -0.1) is 0 Å². The molecule has 2 aromatic carbocycles. The third-order valence-electron chi connectivity index (χ3n) is 5.10. The first-order valence-corrected chi connectivity index (χ1v) is 11.5. The van der Waals surface area contributed by atoms with Crippen LogP contribution in [0.5, 0.6) is 17.2 Å². The van der Waals surface area contributed by atoms with Gasteiger partial charge in [-0.25, -0.2) is 8.42 Å². The molecule has 2 atom stereocenters. The summed E-state index contributed by atoms with van der Waals surface area (Å²) in [5, 5.41) is 2.91. The molecule has 0 saturated heterocycles. The second kappa shape index (κ2) is 7.71. The first kappa shape index (κ1) is 20.3. The van der Waals surface area contributed by atoms with Crippen molar-refractivity contribution in [2.45, 2.75) is 26.0 Å². The lowest BCUT2D eigenvalue weighted by Crippen LogP contribution is -2.50. The van der Waals surface area contributed by atoms with Gasteiger partial charge in [0.25, 0.3) is 5.91 Å². The summed E-state index contributed by atoms with van der Waals surface area (Å²) in [7, 11) is -3.57. The topological polar surface area (TPSA) is 94.2 Å². The molecule has 0 bridgehead atoms. The summed E-state index contributed by atoms with van der Waals surface area (Å²) in [6.45, 7) is 4.62. The third-order valence-corrected chi connectivity index (χ3v) is 6.25. The van der Waals surface area contributed by atoms with Gasteiger partial charge in [-0.2, -0.15) is 0 Å². The summed E-state index contributed by atoms with van der Waals surface area (Å²) < 4.78 is 42.8. The second-order valence-corrected chi connectivity index (χ2v) is 9.41. The molecule has 8 nitrogen and oxygen atoms in total. The summed E-state index contributed by atoms with van der Waals surface area (Å²) in [5.41, 5.74) is 2.19.